The lowest BCUT2D eigenvalue weighted by atomic mass is 10.0. The number of carbonyl (C=O) groups is 2. The molecule has 0 aromatic heterocycles. The molecule has 1 heterocycles. The van der Waals surface area contributed by atoms with Crippen molar-refractivity contribution in [1.29, 1.82) is 0 Å². The van der Waals surface area contributed by atoms with Crippen molar-refractivity contribution in [3.8, 4) is 23.0 Å². The molecular formula is C28H27Br2N3O6. The van der Waals surface area contributed by atoms with Crippen LogP contribution in [0.2, 0.25) is 0 Å². The van der Waals surface area contributed by atoms with Crippen LogP contribution < -0.4 is 29.7 Å². The Labute approximate surface area is 243 Å². The number of nitrogens with zero attached hydrogens (tertiary/aromatic N) is 1. The summed E-state index contributed by atoms with van der Waals surface area (Å²) in [7, 11) is 1.55. The van der Waals surface area contributed by atoms with E-state index < -0.39 is 17.9 Å². The maximum absolute atomic E-state index is 12.9. The number of halogens is 2. The number of nitrogens with one attached hydrogen (secondary N) is 2. The summed E-state index contributed by atoms with van der Waals surface area (Å²) in [6.07, 6.45) is 1.49. The van der Waals surface area contributed by atoms with Crippen molar-refractivity contribution >= 4 is 49.9 Å². The van der Waals surface area contributed by atoms with Gasteiger partial charge in [-0.25, -0.2) is 5.43 Å². The zero-order valence-corrected chi connectivity index (χ0v) is 24.7. The normalized spacial score (nSPS) is 12.9. The van der Waals surface area contributed by atoms with Crippen molar-refractivity contribution in [2.45, 2.75) is 26.5 Å². The molecule has 1 unspecified atom stereocenters. The third kappa shape index (κ3) is 7.30. The zero-order valence-electron chi connectivity index (χ0n) is 21.5. The molecule has 0 fully saturated rings. The molecule has 2 amide bonds. The predicted octanol–water partition coefficient (Wildman–Crippen LogP) is 5.43. The maximum atomic E-state index is 12.9. The Bertz CT molecular complexity index is 1380. The second kappa shape index (κ2) is 13.0. The Balaban J connectivity index is 1.38. The van der Waals surface area contributed by atoms with E-state index in [0.29, 0.717) is 45.2 Å². The van der Waals surface area contributed by atoms with E-state index in [2.05, 4.69) is 47.7 Å². The first-order valence-corrected chi connectivity index (χ1v) is 13.6. The summed E-state index contributed by atoms with van der Waals surface area (Å²) in [5.74, 6) is 1.08. The molecule has 3 aromatic rings. The van der Waals surface area contributed by atoms with Crippen LogP contribution in [0.1, 0.15) is 35.3 Å². The number of carbonyl (C=O) groups excluding carboxylic acids is 2. The number of rotatable bonds is 10. The summed E-state index contributed by atoms with van der Waals surface area (Å²) in [6, 6.07) is 15.4. The first-order chi connectivity index (χ1) is 18.7. The Morgan fingerprint density at radius 1 is 1.05 bits per heavy atom. The smallest absolute Gasteiger partial charge is 0.262 e. The highest BCUT2D eigenvalue weighted by atomic mass is 79.9. The molecular weight excluding hydrogens is 634 g/mol. The molecule has 0 aliphatic carbocycles. The summed E-state index contributed by atoms with van der Waals surface area (Å²) < 4.78 is 23.8. The van der Waals surface area contributed by atoms with Crippen LogP contribution in [-0.2, 0) is 11.4 Å². The van der Waals surface area contributed by atoms with Gasteiger partial charge in [0.15, 0.2) is 23.0 Å². The molecule has 0 saturated carbocycles. The van der Waals surface area contributed by atoms with Crippen LogP contribution >= 0.6 is 31.9 Å². The first-order valence-electron chi connectivity index (χ1n) is 12.0. The fourth-order valence-electron chi connectivity index (χ4n) is 3.73. The van der Waals surface area contributed by atoms with Crippen molar-refractivity contribution in [3.63, 3.8) is 0 Å². The third-order valence-corrected chi connectivity index (χ3v) is 6.92. The van der Waals surface area contributed by atoms with Crippen molar-refractivity contribution in [2.24, 2.45) is 11.0 Å². The van der Waals surface area contributed by atoms with E-state index in [4.69, 9.17) is 18.9 Å². The lowest BCUT2D eigenvalue weighted by Crippen LogP contribution is -2.48. The topological polar surface area (TPSA) is 107 Å². The molecule has 39 heavy (non-hydrogen) atoms. The summed E-state index contributed by atoms with van der Waals surface area (Å²) in [6.45, 7) is 4.14. The van der Waals surface area contributed by atoms with Gasteiger partial charge in [-0.2, -0.15) is 5.10 Å². The average Bonchev–Trinajstić information content (AvgIpc) is 3.39. The van der Waals surface area contributed by atoms with Gasteiger partial charge >= 0.3 is 0 Å². The van der Waals surface area contributed by atoms with E-state index in [-0.39, 0.29) is 12.7 Å². The van der Waals surface area contributed by atoms with Gasteiger partial charge in [-0.05, 0) is 75.4 Å². The standard InChI is InChI=1S/C28H27Br2N3O6/c1-16(2)25(32-27(34)19-6-9-22-23(12-19)39-15-38-22)28(35)33-31-13-18-10-21(30)26(24(11-18)36-3)37-14-17-4-7-20(29)8-5-17/h4-13,16,25H,14-15H2,1-3H3,(H,32,34)(H,33,35)/b31-13+. The van der Waals surface area contributed by atoms with Gasteiger partial charge < -0.3 is 24.3 Å². The number of hydrogen-bond acceptors (Lipinski definition) is 7. The second-order valence-corrected chi connectivity index (χ2v) is 10.7. The molecule has 1 atom stereocenters. The lowest BCUT2D eigenvalue weighted by Gasteiger charge is -2.20. The first kappa shape index (κ1) is 28.4. The SMILES string of the molecule is COc1cc(/C=N/NC(=O)C(NC(=O)c2ccc3c(c2)OCO3)C(C)C)cc(Br)c1OCc1ccc(Br)cc1. The number of benzene rings is 3. The Kier molecular flexibility index (Phi) is 9.47. The highest BCUT2D eigenvalue weighted by Gasteiger charge is 2.25. The van der Waals surface area contributed by atoms with E-state index in [1.54, 1.807) is 37.4 Å². The van der Waals surface area contributed by atoms with Crippen molar-refractivity contribution in [2.75, 3.05) is 13.9 Å². The molecule has 0 bridgehead atoms. The zero-order chi connectivity index (χ0) is 27.9. The minimum atomic E-state index is -0.810. The molecule has 0 spiro atoms. The Morgan fingerprint density at radius 3 is 2.51 bits per heavy atom. The second-order valence-electron chi connectivity index (χ2n) is 8.95. The highest BCUT2D eigenvalue weighted by molar-refractivity contribution is 9.10. The van der Waals surface area contributed by atoms with Crippen LogP contribution in [-0.4, -0.2) is 38.0 Å². The highest BCUT2D eigenvalue weighted by Crippen LogP contribution is 2.37. The van der Waals surface area contributed by atoms with E-state index in [1.165, 1.54) is 6.21 Å². The molecule has 2 N–H and O–H groups in total. The fourth-order valence-corrected chi connectivity index (χ4v) is 4.57. The van der Waals surface area contributed by atoms with Crippen LogP contribution in [0.15, 0.2) is 68.6 Å². The maximum Gasteiger partial charge on any atom is 0.262 e. The molecule has 3 aromatic carbocycles. The lowest BCUT2D eigenvalue weighted by molar-refractivity contribution is -0.123. The van der Waals surface area contributed by atoms with Crippen LogP contribution in [0, 0.1) is 5.92 Å². The van der Waals surface area contributed by atoms with Crippen LogP contribution in [0.3, 0.4) is 0 Å². The summed E-state index contributed by atoms with van der Waals surface area (Å²) >= 11 is 6.95. The number of amides is 2. The van der Waals surface area contributed by atoms with Gasteiger partial charge in [0.1, 0.15) is 12.6 Å². The van der Waals surface area contributed by atoms with E-state index in [0.717, 1.165) is 10.0 Å². The van der Waals surface area contributed by atoms with Crippen molar-refractivity contribution in [3.05, 3.63) is 80.2 Å². The van der Waals surface area contributed by atoms with Crippen LogP contribution in [0.5, 0.6) is 23.0 Å². The Hall–Kier alpha value is -3.57. The monoisotopic (exact) mass is 659 g/mol. The summed E-state index contributed by atoms with van der Waals surface area (Å²) in [5.41, 5.74) is 4.55. The van der Waals surface area contributed by atoms with Gasteiger partial charge in [0.05, 0.1) is 17.8 Å². The largest absolute Gasteiger partial charge is 0.493 e. The fraction of sp³-hybridized carbons (Fsp3) is 0.250. The van der Waals surface area contributed by atoms with Gasteiger partial charge in [0.25, 0.3) is 11.8 Å². The molecule has 1 aliphatic heterocycles. The molecule has 0 radical (unpaired) electrons. The van der Waals surface area contributed by atoms with Crippen LogP contribution in [0.4, 0.5) is 0 Å². The Morgan fingerprint density at radius 2 is 1.79 bits per heavy atom. The molecule has 1 aliphatic rings. The summed E-state index contributed by atoms with van der Waals surface area (Å²) in [4.78, 5) is 25.7. The third-order valence-electron chi connectivity index (χ3n) is 5.81. The number of ether oxygens (including phenoxy) is 4. The quantitative estimate of drug-likeness (QED) is 0.222. The number of hydrazone groups is 1. The van der Waals surface area contributed by atoms with Gasteiger partial charge in [0.2, 0.25) is 6.79 Å². The number of methoxy groups -OCH3 is 1. The van der Waals surface area contributed by atoms with Crippen LogP contribution in [0.25, 0.3) is 0 Å². The van der Waals surface area contributed by atoms with Crippen molar-refractivity contribution < 1.29 is 28.5 Å². The van der Waals surface area contributed by atoms with Gasteiger partial charge in [-0.1, -0.05) is 41.9 Å². The van der Waals surface area contributed by atoms with Gasteiger partial charge in [0, 0.05) is 10.0 Å². The molecule has 4 rings (SSSR count). The van der Waals surface area contributed by atoms with E-state index >= 15 is 0 Å². The minimum absolute atomic E-state index is 0.111. The molecule has 9 nitrogen and oxygen atoms in total. The number of hydrogen-bond donors (Lipinski definition) is 2. The molecule has 0 saturated heterocycles. The molecule has 204 valence electrons. The molecule has 11 heteroatoms. The van der Waals surface area contributed by atoms with Crippen molar-refractivity contribution in [1.82, 2.24) is 10.7 Å². The summed E-state index contributed by atoms with van der Waals surface area (Å²) in [5, 5.41) is 6.86. The number of fused-ring (bicyclic) bond motifs is 1. The van der Waals surface area contributed by atoms with E-state index in [9.17, 15) is 9.59 Å². The minimum Gasteiger partial charge on any atom is -0.493 e. The van der Waals surface area contributed by atoms with Gasteiger partial charge in [-0.3, -0.25) is 9.59 Å². The van der Waals surface area contributed by atoms with Gasteiger partial charge in [-0.15, -0.1) is 0 Å². The predicted molar refractivity (Wildman–Crippen MR) is 154 cm³/mol. The van der Waals surface area contributed by atoms with E-state index in [1.807, 2.05) is 38.1 Å². The average molecular weight is 661 g/mol.